The highest BCUT2D eigenvalue weighted by molar-refractivity contribution is 7.92. The maximum absolute atomic E-state index is 14.8. The van der Waals surface area contributed by atoms with E-state index in [1.807, 2.05) is 37.3 Å². The van der Waals surface area contributed by atoms with Gasteiger partial charge < -0.3 is 24.4 Å². The monoisotopic (exact) mass is 775 g/mol. The quantitative estimate of drug-likeness (QED) is 0.111. The highest BCUT2D eigenvalue weighted by atomic mass is 35.5. The Balaban J connectivity index is 1.88. The molecule has 4 aromatic carbocycles. The zero-order valence-corrected chi connectivity index (χ0v) is 31.8. The Morgan fingerprint density at radius 1 is 0.784 bits per heavy atom. The lowest BCUT2D eigenvalue weighted by molar-refractivity contribution is -0.140. The third-order valence-corrected chi connectivity index (χ3v) is 10.8. The lowest BCUT2D eigenvalue weighted by Gasteiger charge is -2.34. The number of hydrogen-bond donors (Lipinski definition) is 1. The largest absolute Gasteiger partial charge is 0.495 e. The van der Waals surface area contributed by atoms with Crippen molar-refractivity contribution in [2.75, 3.05) is 38.7 Å². The summed E-state index contributed by atoms with van der Waals surface area (Å²) in [6.07, 6.45) is 1.73. The van der Waals surface area contributed by atoms with Gasteiger partial charge >= 0.3 is 0 Å². The van der Waals surface area contributed by atoms with E-state index in [2.05, 4.69) is 5.32 Å². The molecule has 0 aliphatic heterocycles. The van der Waals surface area contributed by atoms with Crippen LogP contribution in [0.2, 0.25) is 15.1 Å². The molecule has 1 atom stereocenters. The number of nitrogens with zero attached hydrogens (tertiary/aromatic N) is 2. The number of carbonyl (C=O) groups excluding carboxylic acids is 2. The Morgan fingerprint density at radius 2 is 1.47 bits per heavy atom. The van der Waals surface area contributed by atoms with Gasteiger partial charge in [-0.1, -0.05) is 84.5 Å². The van der Waals surface area contributed by atoms with Gasteiger partial charge in [-0.25, -0.2) is 8.42 Å². The van der Waals surface area contributed by atoms with Gasteiger partial charge in [0.15, 0.2) is 11.5 Å². The van der Waals surface area contributed by atoms with E-state index < -0.39 is 34.4 Å². The normalized spacial score (nSPS) is 11.7. The van der Waals surface area contributed by atoms with Crippen molar-refractivity contribution >= 4 is 62.3 Å². The van der Waals surface area contributed by atoms with E-state index >= 15 is 0 Å². The molecule has 14 heteroatoms. The van der Waals surface area contributed by atoms with E-state index in [1.54, 1.807) is 24.3 Å². The molecule has 1 N–H and O–H groups in total. The third kappa shape index (κ3) is 10.0. The molecule has 0 saturated carbocycles. The first-order chi connectivity index (χ1) is 24.4. The van der Waals surface area contributed by atoms with Crippen LogP contribution in [0.1, 0.15) is 30.9 Å². The summed E-state index contributed by atoms with van der Waals surface area (Å²) in [5, 5.41) is 3.74. The van der Waals surface area contributed by atoms with Crippen molar-refractivity contribution in [1.29, 1.82) is 0 Å². The lowest BCUT2D eigenvalue weighted by Crippen LogP contribution is -2.53. The van der Waals surface area contributed by atoms with Crippen molar-refractivity contribution in [1.82, 2.24) is 10.2 Å². The van der Waals surface area contributed by atoms with Crippen molar-refractivity contribution in [3.8, 4) is 17.2 Å². The molecule has 0 spiro atoms. The number of methoxy groups -OCH3 is 3. The van der Waals surface area contributed by atoms with Gasteiger partial charge in [0, 0.05) is 30.6 Å². The molecule has 4 rings (SSSR count). The topological polar surface area (TPSA) is 114 Å². The number of benzene rings is 4. The van der Waals surface area contributed by atoms with Crippen molar-refractivity contribution in [3.63, 3.8) is 0 Å². The molecule has 0 saturated heterocycles. The SMILES string of the molecule is CCCCNC(=O)[C@@H](Cc1ccccc1)N(Cc1ccc(Cl)c(Cl)c1)C(=O)CN(c1cc(Cl)ccc1OC)S(=O)(=O)c1ccc(OC)c(OC)c1. The molecule has 0 aliphatic carbocycles. The zero-order chi connectivity index (χ0) is 37.1. The Labute approximate surface area is 314 Å². The molecule has 0 unspecified atom stereocenters. The van der Waals surface area contributed by atoms with Gasteiger partial charge in [0.1, 0.15) is 18.3 Å². The molecule has 272 valence electrons. The fourth-order valence-corrected chi connectivity index (χ4v) is 7.29. The summed E-state index contributed by atoms with van der Waals surface area (Å²) in [5.74, 6) is -0.458. The summed E-state index contributed by atoms with van der Waals surface area (Å²) < 4.78 is 46.4. The zero-order valence-electron chi connectivity index (χ0n) is 28.7. The molecular weight excluding hydrogens is 737 g/mol. The van der Waals surface area contributed by atoms with E-state index in [0.29, 0.717) is 22.9 Å². The van der Waals surface area contributed by atoms with Gasteiger partial charge in [-0.05, 0) is 60.0 Å². The van der Waals surface area contributed by atoms with Crippen LogP contribution < -0.4 is 23.8 Å². The first kappa shape index (κ1) is 39.6. The number of rotatable bonds is 17. The number of ether oxygens (including phenoxy) is 3. The van der Waals surface area contributed by atoms with Crippen LogP contribution in [-0.2, 0) is 32.6 Å². The van der Waals surface area contributed by atoms with E-state index in [1.165, 1.54) is 56.6 Å². The number of halogens is 3. The van der Waals surface area contributed by atoms with Gasteiger partial charge in [0.05, 0.1) is 42.0 Å². The van der Waals surface area contributed by atoms with E-state index in [9.17, 15) is 18.0 Å². The summed E-state index contributed by atoms with van der Waals surface area (Å²) in [6, 6.07) is 21.7. The molecule has 0 aromatic heterocycles. The van der Waals surface area contributed by atoms with Gasteiger partial charge in [-0.3, -0.25) is 13.9 Å². The molecule has 0 heterocycles. The van der Waals surface area contributed by atoms with Crippen LogP contribution in [-0.4, -0.2) is 65.6 Å². The van der Waals surface area contributed by atoms with Gasteiger partial charge in [0.2, 0.25) is 11.8 Å². The molecule has 0 fully saturated rings. The van der Waals surface area contributed by atoms with Crippen LogP contribution in [0.4, 0.5) is 5.69 Å². The summed E-state index contributed by atoms with van der Waals surface area (Å²) in [5.41, 5.74) is 1.38. The van der Waals surface area contributed by atoms with Crippen LogP contribution in [0.25, 0.3) is 0 Å². The molecule has 10 nitrogen and oxygen atoms in total. The first-order valence-electron chi connectivity index (χ1n) is 16.1. The first-order valence-corrected chi connectivity index (χ1v) is 18.6. The summed E-state index contributed by atoms with van der Waals surface area (Å²) in [7, 11) is -0.332. The predicted octanol–water partition coefficient (Wildman–Crippen LogP) is 7.42. The summed E-state index contributed by atoms with van der Waals surface area (Å²) in [4.78, 5) is 30.0. The number of nitrogens with one attached hydrogen (secondary N) is 1. The molecule has 4 aromatic rings. The Kier molecular flexibility index (Phi) is 14.3. The minimum Gasteiger partial charge on any atom is -0.495 e. The smallest absolute Gasteiger partial charge is 0.265 e. The van der Waals surface area contributed by atoms with Crippen LogP contribution in [0, 0.1) is 0 Å². The second-order valence-corrected chi connectivity index (χ2v) is 14.6. The molecule has 51 heavy (non-hydrogen) atoms. The van der Waals surface area contributed by atoms with E-state index in [-0.39, 0.29) is 45.1 Å². The molecule has 0 aliphatic rings. The van der Waals surface area contributed by atoms with Gasteiger partial charge in [-0.15, -0.1) is 0 Å². The minimum atomic E-state index is -4.52. The van der Waals surface area contributed by atoms with Crippen LogP contribution in [0.5, 0.6) is 17.2 Å². The van der Waals surface area contributed by atoms with Crippen molar-refractivity contribution in [3.05, 3.63) is 111 Å². The summed E-state index contributed by atoms with van der Waals surface area (Å²) >= 11 is 19.0. The lowest BCUT2D eigenvalue weighted by atomic mass is 10.0. The number of sulfonamides is 1. The average Bonchev–Trinajstić information content (AvgIpc) is 3.13. The number of amides is 2. The van der Waals surface area contributed by atoms with Crippen molar-refractivity contribution < 1.29 is 32.2 Å². The Bertz CT molecular complexity index is 1930. The maximum atomic E-state index is 14.8. The highest BCUT2D eigenvalue weighted by Gasteiger charge is 2.36. The average molecular weight is 777 g/mol. The van der Waals surface area contributed by atoms with E-state index in [4.69, 9.17) is 49.0 Å². The fraction of sp³-hybridized carbons (Fsp3) is 0.297. The molecule has 2 amide bonds. The number of hydrogen-bond acceptors (Lipinski definition) is 7. The standard InChI is InChI=1S/C37H40Cl3N3O7S/c1-5-6-18-41-37(45)32(20-25-10-8-7-9-11-25)42(23-26-12-15-29(39)30(40)19-26)36(44)24-43(31-21-27(38)13-16-33(31)48-2)51(46,47)28-14-17-34(49-3)35(22-28)50-4/h7-17,19,21-22,32H,5-6,18,20,23-24H2,1-4H3,(H,41,45)/t32-/m1/s1. The second kappa shape index (κ2) is 18.4. The number of carbonyl (C=O) groups is 2. The van der Waals surface area contributed by atoms with Crippen molar-refractivity contribution in [2.45, 2.75) is 43.7 Å². The molecule has 0 radical (unpaired) electrons. The van der Waals surface area contributed by atoms with Crippen LogP contribution >= 0.6 is 34.8 Å². The Morgan fingerprint density at radius 3 is 2.12 bits per heavy atom. The van der Waals surface area contributed by atoms with Gasteiger partial charge in [0.25, 0.3) is 10.0 Å². The summed E-state index contributed by atoms with van der Waals surface area (Å²) in [6.45, 7) is 1.58. The van der Waals surface area contributed by atoms with E-state index in [0.717, 1.165) is 22.7 Å². The minimum absolute atomic E-state index is 0.00892. The number of anilines is 1. The third-order valence-electron chi connectivity index (χ3n) is 8.07. The number of unbranched alkanes of at least 4 members (excludes halogenated alkanes) is 1. The fourth-order valence-electron chi connectivity index (χ4n) is 5.37. The van der Waals surface area contributed by atoms with Crippen molar-refractivity contribution in [2.24, 2.45) is 0 Å². The molecular formula is C37H40Cl3N3O7S. The van der Waals surface area contributed by atoms with Gasteiger partial charge in [-0.2, -0.15) is 0 Å². The molecule has 0 bridgehead atoms. The Hall–Kier alpha value is -4.16. The van der Waals surface area contributed by atoms with Crippen LogP contribution in [0.15, 0.2) is 89.8 Å². The predicted molar refractivity (Wildman–Crippen MR) is 201 cm³/mol. The second-order valence-electron chi connectivity index (χ2n) is 11.5. The highest BCUT2D eigenvalue weighted by Crippen LogP contribution is 2.37. The van der Waals surface area contributed by atoms with Crippen LogP contribution in [0.3, 0.4) is 0 Å². The maximum Gasteiger partial charge on any atom is 0.265 e.